The van der Waals surface area contributed by atoms with E-state index < -0.39 is 37.5 Å². The average molecular weight is 690 g/mol. The molecule has 0 heterocycles. The second kappa shape index (κ2) is 29.3. The molecule has 0 radical (unpaired) electrons. The molecule has 0 bridgehead atoms. The normalized spacial score (nSPS) is 11.4. The fraction of sp³-hybridized carbons (Fsp3) is 0.912. The fourth-order valence-corrected chi connectivity index (χ4v) is 9.82. The molecule has 242 valence electrons. The molecule has 7 heteroatoms. The van der Waals surface area contributed by atoms with Crippen LogP contribution in [0.1, 0.15) is 194 Å². The Morgan fingerprint density at radius 1 is 0.366 bits per heavy atom. The van der Waals surface area contributed by atoms with Crippen LogP contribution in [0.3, 0.4) is 0 Å². The van der Waals surface area contributed by atoms with Gasteiger partial charge >= 0.3 is 260 Å². The van der Waals surface area contributed by atoms with E-state index in [1.807, 2.05) is 0 Å². The standard InChI is InChI=1S/3C11H22O2.CH3.Sn/c3*1-2-3-4-5-6-7-8-9-10-11(12)13;;/h3*2-10H2,1H3,(H,12,13);1H3;/q;;;;+3/p-3. The zero-order chi connectivity index (χ0) is 30.4. The topological polar surface area (TPSA) is 78.9 Å². The first kappa shape index (κ1) is 40.2. The van der Waals surface area contributed by atoms with Crippen molar-refractivity contribution < 1.29 is 23.6 Å². The van der Waals surface area contributed by atoms with Gasteiger partial charge in [-0.25, -0.2) is 0 Å². The molecule has 0 aromatic heterocycles. The van der Waals surface area contributed by atoms with Gasteiger partial charge in [0.1, 0.15) is 0 Å². The van der Waals surface area contributed by atoms with Crippen molar-refractivity contribution in [3.8, 4) is 0 Å². The van der Waals surface area contributed by atoms with Gasteiger partial charge < -0.3 is 0 Å². The van der Waals surface area contributed by atoms with Crippen LogP contribution in [0.4, 0.5) is 0 Å². The Bertz CT molecular complexity index is 555. The molecule has 0 spiro atoms. The van der Waals surface area contributed by atoms with Gasteiger partial charge in [-0.2, -0.15) is 0 Å². The predicted molar refractivity (Wildman–Crippen MR) is 172 cm³/mol. The van der Waals surface area contributed by atoms with Gasteiger partial charge in [-0.1, -0.05) is 0 Å². The molecular weight excluding hydrogens is 623 g/mol. The summed E-state index contributed by atoms with van der Waals surface area (Å²) in [7, 11) is 0. The van der Waals surface area contributed by atoms with Crippen LogP contribution in [0, 0.1) is 0 Å². The van der Waals surface area contributed by atoms with Crippen LogP contribution in [0.25, 0.3) is 0 Å². The molecule has 0 amide bonds. The third kappa shape index (κ3) is 27.8. The monoisotopic (exact) mass is 690 g/mol. The summed E-state index contributed by atoms with van der Waals surface area (Å²) < 4.78 is 17.1. The first-order valence-corrected chi connectivity index (χ1v) is 23.9. The van der Waals surface area contributed by atoms with Crippen LogP contribution in [-0.4, -0.2) is 37.5 Å². The Kier molecular flexibility index (Phi) is 28.7. The van der Waals surface area contributed by atoms with Gasteiger partial charge in [0.05, 0.1) is 0 Å². The first-order chi connectivity index (χ1) is 19.9. The molecule has 0 aliphatic carbocycles. The van der Waals surface area contributed by atoms with Crippen molar-refractivity contribution >= 4 is 37.5 Å². The van der Waals surface area contributed by atoms with E-state index >= 15 is 0 Å². The minimum absolute atomic E-state index is 0.270. The van der Waals surface area contributed by atoms with Crippen LogP contribution in [0.15, 0.2) is 0 Å². The summed E-state index contributed by atoms with van der Waals surface area (Å²) in [6.07, 6.45) is 28.0. The summed E-state index contributed by atoms with van der Waals surface area (Å²) in [5, 5.41) is 0. The van der Waals surface area contributed by atoms with Crippen molar-refractivity contribution in [3.63, 3.8) is 0 Å². The Morgan fingerprint density at radius 2 is 0.561 bits per heavy atom. The number of hydrogen-bond donors (Lipinski definition) is 0. The van der Waals surface area contributed by atoms with Gasteiger partial charge in [0.2, 0.25) is 0 Å². The van der Waals surface area contributed by atoms with Gasteiger partial charge in [0.15, 0.2) is 0 Å². The van der Waals surface area contributed by atoms with Crippen LogP contribution in [0.5, 0.6) is 0 Å². The molecule has 0 unspecified atom stereocenters. The SMILES string of the molecule is CCCCCCCCCCC(=O)[O][Sn]([CH3])([O]C(=O)CCCCCCCCCC)[O]C(=O)CCCCCCCCCC. The Balaban J connectivity index is 4.59. The summed E-state index contributed by atoms with van der Waals surface area (Å²) in [5.41, 5.74) is 0. The summed E-state index contributed by atoms with van der Waals surface area (Å²) in [6, 6.07) is 0. The quantitative estimate of drug-likeness (QED) is 0.0552. The second-order valence-corrected chi connectivity index (χ2v) is 18.6. The summed E-state index contributed by atoms with van der Waals surface area (Å²) in [4.78, 5) is 39.6. The van der Waals surface area contributed by atoms with E-state index in [1.54, 1.807) is 4.94 Å². The van der Waals surface area contributed by atoms with Crippen molar-refractivity contribution in [1.29, 1.82) is 0 Å². The van der Waals surface area contributed by atoms with E-state index in [1.165, 1.54) is 96.3 Å². The molecule has 41 heavy (non-hydrogen) atoms. The molecule has 0 rings (SSSR count). The maximum atomic E-state index is 12.7. The van der Waals surface area contributed by atoms with E-state index in [9.17, 15) is 14.4 Å². The Morgan fingerprint density at radius 3 is 0.780 bits per heavy atom. The van der Waals surface area contributed by atoms with Crippen LogP contribution in [-0.2, 0) is 23.6 Å². The van der Waals surface area contributed by atoms with E-state index in [2.05, 4.69) is 20.8 Å². The van der Waals surface area contributed by atoms with Crippen molar-refractivity contribution in [3.05, 3.63) is 0 Å². The molecule has 0 aliphatic heterocycles. The van der Waals surface area contributed by atoms with Crippen molar-refractivity contribution in [2.24, 2.45) is 0 Å². The molecular formula is C34H66O6Sn. The minimum atomic E-state index is -4.65. The fourth-order valence-electron chi connectivity index (χ4n) is 5.05. The first-order valence-electron chi connectivity index (χ1n) is 17.5. The Hall–Kier alpha value is -0.791. The summed E-state index contributed by atoms with van der Waals surface area (Å²) >= 11 is -4.65. The zero-order valence-electron chi connectivity index (χ0n) is 27.5. The number of unbranched alkanes of at least 4 members (excludes halogenated alkanes) is 21. The molecule has 0 aromatic rings. The number of carbonyl (C=O) groups excluding carboxylic acids is 3. The number of carbonyl (C=O) groups is 3. The zero-order valence-corrected chi connectivity index (χ0v) is 30.4. The molecule has 0 saturated heterocycles. The molecule has 0 aliphatic rings. The van der Waals surface area contributed by atoms with Gasteiger partial charge in [-0.15, -0.1) is 0 Å². The van der Waals surface area contributed by atoms with Crippen molar-refractivity contribution in [2.75, 3.05) is 0 Å². The van der Waals surface area contributed by atoms with Crippen LogP contribution in [0.2, 0.25) is 4.94 Å². The second-order valence-electron chi connectivity index (χ2n) is 12.0. The van der Waals surface area contributed by atoms with Crippen LogP contribution >= 0.6 is 0 Å². The molecule has 0 aromatic carbocycles. The predicted octanol–water partition coefficient (Wildman–Crippen LogP) is 10.8. The van der Waals surface area contributed by atoms with Crippen molar-refractivity contribution in [1.82, 2.24) is 0 Å². The van der Waals surface area contributed by atoms with E-state index in [0.29, 0.717) is 0 Å². The van der Waals surface area contributed by atoms with Gasteiger partial charge in [0, 0.05) is 0 Å². The number of rotatable bonds is 30. The number of hydrogen-bond acceptors (Lipinski definition) is 6. The summed E-state index contributed by atoms with van der Waals surface area (Å²) in [6.45, 7) is 6.64. The average Bonchev–Trinajstić information content (AvgIpc) is 2.92. The van der Waals surface area contributed by atoms with Gasteiger partial charge in [0.25, 0.3) is 0 Å². The third-order valence-corrected chi connectivity index (χ3v) is 12.7. The molecule has 0 fully saturated rings. The summed E-state index contributed by atoms with van der Waals surface area (Å²) in [5.74, 6) is -1.22. The van der Waals surface area contributed by atoms with E-state index in [4.69, 9.17) is 9.22 Å². The molecule has 0 saturated carbocycles. The Labute approximate surface area is 259 Å². The van der Waals surface area contributed by atoms with Crippen molar-refractivity contribution in [2.45, 2.75) is 199 Å². The van der Waals surface area contributed by atoms with Gasteiger partial charge in [-0.05, 0) is 0 Å². The van der Waals surface area contributed by atoms with Crippen LogP contribution < -0.4 is 0 Å². The molecule has 0 N–H and O–H groups in total. The van der Waals surface area contributed by atoms with E-state index in [0.717, 1.165) is 57.8 Å². The third-order valence-electron chi connectivity index (χ3n) is 7.60. The van der Waals surface area contributed by atoms with Gasteiger partial charge in [-0.3, -0.25) is 0 Å². The molecule has 0 atom stereocenters. The van der Waals surface area contributed by atoms with E-state index in [-0.39, 0.29) is 19.3 Å². The maximum absolute atomic E-state index is 12.7. The molecule has 6 nitrogen and oxygen atoms in total.